The van der Waals surface area contributed by atoms with Crippen molar-refractivity contribution in [1.29, 1.82) is 0 Å². The Morgan fingerprint density at radius 3 is 2.43 bits per heavy atom. The van der Waals surface area contributed by atoms with Crippen LogP contribution in [-0.4, -0.2) is 47.0 Å². The van der Waals surface area contributed by atoms with E-state index < -0.39 is 10.0 Å². The number of nitrogens with zero attached hydrogens (tertiary/aromatic N) is 2. The molecule has 0 unspecified atom stereocenters. The third-order valence-corrected chi connectivity index (χ3v) is 4.81. The van der Waals surface area contributed by atoms with Gasteiger partial charge in [-0.3, -0.25) is 0 Å². The zero-order chi connectivity index (χ0) is 15.6. The molecule has 0 atom stereocenters. The van der Waals surface area contributed by atoms with Crippen LogP contribution >= 0.6 is 0 Å². The summed E-state index contributed by atoms with van der Waals surface area (Å²) in [6.07, 6.45) is 2.10. The van der Waals surface area contributed by atoms with Crippen LogP contribution in [0.5, 0.6) is 0 Å². The molecule has 1 aromatic carbocycles. The molecular formula is C14H24N4O2S. The Morgan fingerprint density at radius 1 is 1.29 bits per heavy atom. The number of anilines is 2. The first kappa shape index (κ1) is 16.1. The van der Waals surface area contributed by atoms with Gasteiger partial charge in [-0.2, -0.15) is 0 Å². The Bertz CT molecular complexity index is 593. The monoisotopic (exact) mass is 312 g/mol. The normalized spacial score (nSPS) is 17.4. The Balaban J connectivity index is 2.17. The van der Waals surface area contributed by atoms with Crippen LogP contribution in [0.1, 0.15) is 12.8 Å². The molecule has 21 heavy (non-hydrogen) atoms. The number of primary sulfonamides is 1. The molecule has 0 aromatic heterocycles. The maximum absolute atomic E-state index is 11.7. The molecule has 1 fully saturated rings. The summed E-state index contributed by atoms with van der Waals surface area (Å²) in [5.74, 6) is 0.656. The van der Waals surface area contributed by atoms with E-state index in [2.05, 4.69) is 23.9 Å². The highest BCUT2D eigenvalue weighted by molar-refractivity contribution is 7.89. The van der Waals surface area contributed by atoms with Crippen LogP contribution in [0.3, 0.4) is 0 Å². The molecule has 118 valence electrons. The summed E-state index contributed by atoms with van der Waals surface area (Å²) < 4.78 is 23.5. The lowest BCUT2D eigenvalue weighted by Crippen LogP contribution is -2.38. The molecular weight excluding hydrogens is 288 g/mol. The Labute approximate surface area is 126 Å². The van der Waals surface area contributed by atoms with E-state index in [1.54, 1.807) is 12.1 Å². The average molecular weight is 312 g/mol. The van der Waals surface area contributed by atoms with Gasteiger partial charge in [-0.25, -0.2) is 13.6 Å². The van der Waals surface area contributed by atoms with Crippen molar-refractivity contribution in [2.24, 2.45) is 11.1 Å². The fourth-order valence-electron chi connectivity index (χ4n) is 2.89. The number of hydrogen-bond acceptors (Lipinski definition) is 5. The van der Waals surface area contributed by atoms with Crippen molar-refractivity contribution in [3.05, 3.63) is 18.2 Å². The molecule has 1 saturated heterocycles. The first-order valence-corrected chi connectivity index (χ1v) is 8.64. The first-order valence-electron chi connectivity index (χ1n) is 7.09. The highest BCUT2D eigenvalue weighted by atomic mass is 32.2. The molecule has 0 spiro atoms. The van der Waals surface area contributed by atoms with Gasteiger partial charge in [-0.1, -0.05) is 0 Å². The summed E-state index contributed by atoms with van der Waals surface area (Å²) in [6, 6.07) is 4.91. The lowest BCUT2D eigenvalue weighted by molar-refractivity contribution is 0.285. The number of piperidine rings is 1. The zero-order valence-electron chi connectivity index (χ0n) is 12.6. The first-order chi connectivity index (χ1) is 9.77. The van der Waals surface area contributed by atoms with Gasteiger partial charge in [-0.05, 0) is 51.1 Å². The van der Waals surface area contributed by atoms with E-state index >= 15 is 0 Å². The largest absolute Gasteiger partial charge is 0.399 e. The summed E-state index contributed by atoms with van der Waals surface area (Å²) in [4.78, 5) is 4.40. The maximum atomic E-state index is 11.7. The van der Waals surface area contributed by atoms with Crippen LogP contribution in [0, 0.1) is 5.92 Å². The van der Waals surface area contributed by atoms with Gasteiger partial charge in [0.25, 0.3) is 0 Å². The molecule has 0 radical (unpaired) electrons. The fourth-order valence-corrected chi connectivity index (χ4v) is 3.68. The number of hydrogen-bond donors (Lipinski definition) is 2. The molecule has 1 aromatic rings. The average Bonchev–Trinajstić information content (AvgIpc) is 2.38. The van der Waals surface area contributed by atoms with Crippen LogP contribution in [0.25, 0.3) is 0 Å². The quantitative estimate of drug-likeness (QED) is 0.798. The molecule has 1 aliphatic heterocycles. The van der Waals surface area contributed by atoms with Gasteiger partial charge in [0.2, 0.25) is 10.0 Å². The number of sulfonamides is 1. The minimum Gasteiger partial charge on any atom is -0.399 e. The van der Waals surface area contributed by atoms with E-state index in [9.17, 15) is 8.42 Å². The van der Waals surface area contributed by atoms with Crippen molar-refractivity contribution in [2.75, 3.05) is 44.4 Å². The van der Waals surface area contributed by atoms with Crippen molar-refractivity contribution in [1.82, 2.24) is 4.90 Å². The molecule has 4 N–H and O–H groups in total. The molecule has 6 nitrogen and oxygen atoms in total. The van der Waals surface area contributed by atoms with E-state index in [1.165, 1.54) is 6.07 Å². The number of nitrogen functional groups attached to an aromatic ring is 1. The Kier molecular flexibility index (Phi) is 4.75. The summed E-state index contributed by atoms with van der Waals surface area (Å²) in [5, 5.41) is 5.31. The predicted molar refractivity (Wildman–Crippen MR) is 85.7 cm³/mol. The van der Waals surface area contributed by atoms with E-state index in [0.717, 1.165) is 32.5 Å². The molecule has 1 aliphatic rings. The zero-order valence-corrected chi connectivity index (χ0v) is 13.4. The van der Waals surface area contributed by atoms with Crippen molar-refractivity contribution in [3.8, 4) is 0 Å². The number of nitrogens with two attached hydrogens (primary N) is 2. The standard InChI is InChI=1S/C14H24N4O2S/c1-17(2)10-11-5-7-18(8-6-11)13-4-3-12(15)9-14(13)21(16,19)20/h3-4,9,11H,5-8,10,15H2,1-2H3,(H2,16,19,20). The summed E-state index contributed by atoms with van der Waals surface area (Å²) >= 11 is 0. The van der Waals surface area contributed by atoms with Crippen molar-refractivity contribution < 1.29 is 8.42 Å². The van der Waals surface area contributed by atoms with Crippen molar-refractivity contribution >= 4 is 21.4 Å². The third kappa shape index (κ3) is 4.09. The molecule has 0 saturated carbocycles. The number of benzene rings is 1. The second-order valence-electron chi connectivity index (χ2n) is 5.96. The van der Waals surface area contributed by atoms with E-state index in [1.807, 2.05) is 0 Å². The molecule has 0 aliphatic carbocycles. The van der Waals surface area contributed by atoms with Gasteiger partial charge >= 0.3 is 0 Å². The number of rotatable bonds is 4. The lowest BCUT2D eigenvalue weighted by Gasteiger charge is -2.35. The van der Waals surface area contributed by atoms with Crippen LogP contribution in [0.2, 0.25) is 0 Å². The van der Waals surface area contributed by atoms with Gasteiger partial charge < -0.3 is 15.5 Å². The van der Waals surface area contributed by atoms with Gasteiger partial charge in [0.15, 0.2) is 0 Å². The van der Waals surface area contributed by atoms with E-state index in [-0.39, 0.29) is 4.90 Å². The predicted octanol–water partition coefficient (Wildman–Crippen LogP) is 0.694. The fraction of sp³-hybridized carbons (Fsp3) is 0.571. The van der Waals surface area contributed by atoms with Crippen LogP contribution in [0.4, 0.5) is 11.4 Å². The SMILES string of the molecule is CN(C)CC1CCN(c2ccc(N)cc2S(N)(=O)=O)CC1. The second-order valence-corrected chi connectivity index (χ2v) is 7.49. The van der Waals surface area contributed by atoms with Crippen molar-refractivity contribution in [3.63, 3.8) is 0 Å². The summed E-state index contributed by atoms with van der Waals surface area (Å²) in [7, 11) is 0.382. The maximum Gasteiger partial charge on any atom is 0.240 e. The Hall–Kier alpha value is -1.31. The molecule has 0 bridgehead atoms. The highest BCUT2D eigenvalue weighted by Crippen LogP contribution is 2.30. The van der Waals surface area contributed by atoms with Crippen LogP contribution in [-0.2, 0) is 10.0 Å². The third-order valence-electron chi connectivity index (χ3n) is 3.87. The summed E-state index contributed by atoms with van der Waals surface area (Å²) in [5.41, 5.74) is 6.76. The highest BCUT2D eigenvalue weighted by Gasteiger charge is 2.24. The van der Waals surface area contributed by atoms with Crippen LogP contribution < -0.4 is 15.8 Å². The second kappa shape index (κ2) is 6.21. The van der Waals surface area contributed by atoms with Crippen molar-refractivity contribution in [2.45, 2.75) is 17.7 Å². The molecule has 0 amide bonds. The minimum absolute atomic E-state index is 0.119. The van der Waals surface area contributed by atoms with Gasteiger partial charge in [-0.15, -0.1) is 0 Å². The molecule has 7 heteroatoms. The minimum atomic E-state index is -3.77. The van der Waals surface area contributed by atoms with Crippen LogP contribution in [0.15, 0.2) is 23.1 Å². The van der Waals surface area contributed by atoms with Gasteiger partial charge in [0.1, 0.15) is 4.90 Å². The molecule has 2 rings (SSSR count). The van der Waals surface area contributed by atoms with E-state index in [4.69, 9.17) is 10.9 Å². The van der Waals surface area contributed by atoms with E-state index in [0.29, 0.717) is 17.3 Å². The molecule has 1 heterocycles. The van der Waals surface area contributed by atoms with Gasteiger partial charge in [0, 0.05) is 25.3 Å². The smallest absolute Gasteiger partial charge is 0.240 e. The topological polar surface area (TPSA) is 92.7 Å². The van der Waals surface area contributed by atoms with Gasteiger partial charge in [0.05, 0.1) is 5.69 Å². The summed E-state index contributed by atoms with van der Waals surface area (Å²) in [6.45, 7) is 2.74. The lowest BCUT2D eigenvalue weighted by atomic mass is 9.96. The Morgan fingerprint density at radius 2 is 1.90 bits per heavy atom.